The van der Waals surface area contributed by atoms with Crippen LogP contribution in [-0.4, -0.2) is 33.0 Å². The fourth-order valence-corrected chi connectivity index (χ4v) is 4.19. The van der Waals surface area contributed by atoms with Crippen LogP contribution < -0.4 is 5.32 Å². The molecule has 14 heavy (non-hydrogen) atoms. The highest BCUT2D eigenvalue weighted by molar-refractivity contribution is 7.91. The van der Waals surface area contributed by atoms with Gasteiger partial charge < -0.3 is 5.32 Å². The summed E-state index contributed by atoms with van der Waals surface area (Å²) in [6, 6.07) is 0.693. The molecule has 2 aliphatic rings. The van der Waals surface area contributed by atoms with Gasteiger partial charge >= 0.3 is 0 Å². The van der Waals surface area contributed by atoms with E-state index in [9.17, 15) is 8.42 Å². The second-order valence-electron chi connectivity index (χ2n) is 4.71. The van der Waals surface area contributed by atoms with Crippen molar-refractivity contribution in [2.75, 3.05) is 18.6 Å². The zero-order chi connectivity index (χ0) is 10.2. The lowest BCUT2D eigenvalue weighted by Crippen LogP contribution is -2.44. The first-order valence-electron chi connectivity index (χ1n) is 5.48. The average molecular weight is 217 g/mol. The predicted octanol–water partition coefficient (Wildman–Crippen LogP) is 0.809. The first-order valence-corrected chi connectivity index (χ1v) is 7.30. The highest BCUT2D eigenvalue weighted by Gasteiger charge is 2.36. The molecule has 1 aliphatic heterocycles. The Labute approximate surface area is 86.2 Å². The second-order valence-corrected chi connectivity index (χ2v) is 7.01. The van der Waals surface area contributed by atoms with Crippen LogP contribution in [0.15, 0.2) is 0 Å². The number of rotatable bonds is 2. The molecule has 0 radical (unpaired) electrons. The van der Waals surface area contributed by atoms with Crippen molar-refractivity contribution in [1.29, 1.82) is 0 Å². The van der Waals surface area contributed by atoms with Crippen LogP contribution in [0.2, 0.25) is 0 Å². The van der Waals surface area contributed by atoms with E-state index in [0.29, 0.717) is 23.5 Å². The van der Waals surface area contributed by atoms with Gasteiger partial charge in [-0.2, -0.15) is 0 Å². The third-order valence-corrected chi connectivity index (χ3v) is 5.56. The molecule has 4 heteroatoms. The molecule has 0 aromatic rings. The highest BCUT2D eigenvalue weighted by Crippen LogP contribution is 2.39. The van der Waals surface area contributed by atoms with Gasteiger partial charge in [0.1, 0.15) is 9.84 Å². The minimum absolute atomic E-state index is 0.429. The first-order chi connectivity index (χ1) is 6.61. The van der Waals surface area contributed by atoms with Crippen molar-refractivity contribution in [3.63, 3.8) is 0 Å². The van der Waals surface area contributed by atoms with E-state index in [1.54, 1.807) is 0 Å². The van der Waals surface area contributed by atoms with Crippen molar-refractivity contribution in [3.8, 4) is 0 Å². The molecule has 0 aromatic carbocycles. The third kappa shape index (κ3) is 2.11. The number of hydrogen-bond donors (Lipinski definition) is 1. The molecular weight excluding hydrogens is 198 g/mol. The topological polar surface area (TPSA) is 46.2 Å². The molecule has 0 spiro atoms. The standard InChI is InChI=1S/C10H19NO2S/c1-11-10-6-9(7-10)8-2-4-14(12,13)5-3-8/h8-11H,2-7H2,1H3. The molecule has 0 atom stereocenters. The van der Waals surface area contributed by atoms with Gasteiger partial charge in [0.2, 0.25) is 0 Å². The van der Waals surface area contributed by atoms with E-state index in [4.69, 9.17) is 0 Å². The van der Waals surface area contributed by atoms with Crippen LogP contribution in [0.25, 0.3) is 0 Å². The summed E-state index contributed by atoms with van der Waals surface area (Å²) in [5, 5.41) is 3.27. The van der Waals surface area contributed by atoms with Crippen LogP contribution in [0.4, 0.5) is 0 Å². The monoisotopic (exact) mass is 217 g/mol. The van der Waals surface area contributed by atoms with Crippen molar-refractivity contribution < 1.29 is 8.42 Å². The fourth-order valence-electron chi connectivity index (χ4n) is 2.66. The van der Waals surface area contributed by atoms with Gasteiger partial charge in [-0.3, -0.25) is 0 Å². The fraction of sp³-hybridized carbons (Fsp3) is 1.00. The molecule has 1 aliphatic carbocycles. The molecular formula is C10H19NO2S. The number of nitrogens with one attached hydrogen (secondary N) is 1. The van der Waals surface area contributed by atoms with Crippen LogP contribution in [0.3, 0.4) is 0 Å². The van der Waals surface area contributed by atoms with Crippen molar-refractivity contribution >= 4 is 9.84 Å². The van der Waals surface area contributed by atoms with E-state index in [1.807, 2.05) is 7.05 Å². The van der Waals surface area contributed by atoms with Gasteiger partial charge in [-0.15, -0.1) is 0 Å². The Hall–Kier alpha value is -0.0900. The molecule has 0 bridgehead atoms. The molecule has 0 unspecified atom stereocenters. The molecule has 2 rings (SSSR count). The van der Waals surface area contributed by atoms with Gasteiger partial charge in [-0.05, 0) is 44.6 Å². The number of sulfone groups is 1. The zero-order valence-corrected chi connectivity index (χ0v) is 9.52. The lowest BCUT2D eigenvalue weighted by atomic mass is 9.70. The van der Waals surface area contributed by atoms with Crippen LogP contribution >= 0.6 is 0 Å². The van der Waals surface area contributed by atoms with E-state index >= 15 is 0 Å². The van der Waals surface area contributed by atoms with E-state index < -0.39 is 9.84 Å². The maximum atomic E-state index is 11.2. The minimum atomic E-state index is -2.67. The Bertz CT molecular complexity index is 279. The largest absolute Gasteiger partial charge is 0.317 e. The van der Waals surface area contributed by atoms with Crippen LogP contribution in [0.1, 0.15) is 25.7 Å². The van der Waals surface area contributed by atoms with Crippen molar-refractivity contribution in [2.24, 2.45) is 11.8 Å². The smallest absolute Gasteiger partial charge is 0.150 e. The Morgan fingerprint density at radius 1 is 1.07 bits per heavy atom. The van der Waals surface area contributed by atoms with Gasteiger partial charge in [0.25, 0.3) is 0 Å². The first kappa shape index (κ1) is 10.4. The second kappa shape index (κ2) is 3.81. The predicted molar refractivity (Wildman–Crippen MR) is 56.9 cm³/mol. The SMILES string of the molecule is CNC1CC(C2CCS(=O)(=O)CC2)C1. The Morgan fingerprint density at radius 2 is 1.64 bits per heavy atom. The summed E-state index contributed by atoms with van der Waals surface area (Å²) in [7, 11) is -0.662. The van der Waals surface area contributed by atoms with E-state index in [-0.39, 0.29) is 0 Å². The van der Waals surface area contributed by atoms with Crippen LogP contribution in [0, 0.1) is 11.8 Å². The van der Waals surface area contributed by atoms with Gasteiger partial charge in [-0.1, -0.05) is 0 Å². The van der Waals surface area contributed by atoms with E-state index in [1.165, 1.54) is 12.8 Å². The Morgan fingerprint density at radius 3 is 2.14 bits per heavy atom. The molecule has 1 N–H and O–H groups in total. The normalized spacial score (nSPS) is 37.8. The van der Waals surface area contributed by atoms with Crippen molar-refractivity contribution in [1.82, 2.24) is 5.32 Å². The maximum absolute atomic E-state index is 11.2. The van der Waals surface area contributed by atoms with Gasteiger partial charge in [0, 0.05) is 6.04 Å². The average Bonchev–Trinajstić information content (AvgIpc) is 2.06. The van der Waals surface area contributed by atoms with E-state index in [2.05, 4.69) is 5.32 Å². The number of hydrogen-bond acceptors (Lipinski definition) is 3. The quantitative estimate of drug-likeness (QED) is 0.744. The summed E-state index contributed by atoms with van der Waals surface area (Å²) in [5.74, 6) is 2.34. The molecule has 2 fully saturated rings. The summed E-state index contributed by atoms with van der Waals surface area (Å²) in [6.45, 7) is 0. The van der Waals surface area contributed by atoms with Crippen LogP contribution in [0.5, 0.6) is 0 Å². The van der Waals surface area contributed by atoms with Gasteiger partial charge in [0.15, 0.2) is 0 Å². The lowest BCUT2D eigenvalue weighted by molar-refractivity contribution is 0.146. The summed E-state index contributed by atoms with van der Waals surface area (Å²) in [5.41, 5.74) is 0. The zero-order valence-electron chi connectivity index (χ0n) is 8.70. The van der Waals surface area contributed by atoms with Gasteiger partial charge in [0.05, 0.1) is 11.5 Å². The van der Waals surface area contributed by atoms with E-state index in [0.717, 1.165) is 18.8 Å². The van der Waals surface area contributed by atoms with Crippen molar-refractivity contribution in [3.05, 3.63) is 0 Å². The van der Waals surface area contributed by atoms with Gasteiger partial charge in [-0.25, -0.2) is 8.42 Å². The Kier molecular flexibility index (Phi) is 2.84. The molecule has 1 heterocycles. The summed E-state index contributed by atoms with van der Waals surface area (Å²) in [6.07, 6.45) is 4.31. The maximum Gasteiger partial charge on any atom is 0.150 e. The molecule has 3 nitrogen and oxygen atoms in total. The third-order valence-electron chi connectivity index (χ3n) is 3.85. The Balaban J connectivity index is 1.80. The summed E-state index contributed by atoms with van der Waals surface area (Å²) < 4.78 is 22.5. The van der Waals surface area contributed by atoms with Crippen LogP contribution in [-0.2, 0) is 9.84 Å². The minimum Gasteiger partial charge on any atom is -0.317 e. The van der Waals surface area contributed by atoms with Crippen molar-refractivity contribution in [2.45, 2.75) is 31.7 Å². The molecule has 82 valence electrons. The molecule has 0 aromatic heterocycles. The summed E-state index contributed by atoms with van der Waals surface area (Å²) in [4.78, 5) is 0. The molecule has 1 saturated carbocycles. The highest BCUT2D eigenvalue weighted by atomic mass is 32.2. The molecule has 0 amide bonds. The summed E-state index contributed by atoms with van der Waals surface area (Å²) >= 11 is 0. The molecule has 1 saturated heterocycles. The lowest BCUT2D eigenvalue weighted by Gasteiger charge is -2.41.